The van der Waals surface area contributed by atoms with Crippen LogP contribution in [0.3, 0.4) is 0 Å². The van der Waals surface area contributed by atoms with Gasteiger partial charge in [0.2, 0.25) is 5.12 Å². The maximum atomic E-state index is 16.8. The fraction of sp³-hybridized carbons (Fsp3) is 0.714. The third-order valence-corrected chi connectivity index (χ3v) is 9.07. The molecular weight excluding hydrogens is 405 g/mol. The fourth-order valence-corrected chi connectivity index (χ4v) is 7.86. The molecule has 4 aliphatic carbocycles. The summed E-state index contributed by atoms with van der Waals surface area (Å²) >= 11 is 0.533. The molecule has 5 aliphatic rings. The Bertz CT molecular complexity index is 876. The van der Waals surface area contributed by atoms with E-state index in [4.69, 9.17) is 4.74 Å². The molecule has 1 N–H and O–H groups in total. The van der Waals surface area contributed by atoms with E-state index in [1.165, 1.54) is 19.1 Å². The van der Waals surface area contributed by atoms with Crippen LogP contribution in [-0.4, -0.2) is 51.2 Å². The van der Waals surface area contributed by atoms with Crippen molar-refractivity contribution in [2.75, 3.05) is 6.01 Å². The first-order valence-electron chi connectivity index (χ1n) is 9.98. The zero-order chi connectivity index (χ0) is 21.0. The minimum atomic E-state index is -2.19. The van der Waals surface area contributed by atoms with Gasteiger partial charge < -0.3 is 9.84 Å². The molecule has 0 aromatic carbocycles. The van der Waals surface area contributed by atoms with Crippen LogP contribution < -0.4 is 0 Å². The minimum absolute atomic E-state index is 0.0665. The third-order valence-electron chi connectivity index (χ3n) is 8.40. The number of hydrogen-bond acceptors (Lipinski definition) is 5. The molecule has 0 unspecified atom stereocenters. The second kappa shape index (κ2) is 5.77. The number of halogens is 3. The highest BCUT2D eigenvalue weighted by atomic mass is 32.2. The van der Waals surface area contributed by atoms with Crippen molar-refractivity contribution in [1.82, 2.24) is 0 Å². The molecule has 1 aliphatic heterocycles. The van der Waals surface area contributed by atoms with Crippen molar-refractivity contribution in [2.45, 2.75) is 62.3 Å². The summed E-state index contributed by atoms with van der Waals surface area (Å²) in [6, 6.07) is -0.881. The molecule has 0 radical (unpaired) electrons. The molecule has 9 atom stereocenters. The van der Waals surface area contributed by atoms with Crippen molar-refractivity contribution in [2.24, 2.45) is 23.2 Å². The van der Waals surface area contributed by atoms with E-state index in [0.29, 0.717) is 18.2 Å². The van der Waals surface area contributed by atoms with Gasteiger partial charge in [-0.25, -0.2) is 13.2 Å². The first-order chi connectivity index (χ1) is 13.6. The van der Waals surface area contributed by atoms with Gasteiger partial charge in [-0.2, -0.15) is 0 Å². The van der Waals surface area contributed by atoms with Crippen LogP contribution in [0.2, 0.25) is 0 Å². The minimum Gasteiger partial charge on any atom is -0.390 e. The van der Waals surface area contributed by atoms with Gasteiger partial charge in [0.05, 0.1) is 6.10 Å². The predicted molar refractivity (Wildman–Crippen MR) is 100 cm³/mol. The number of carbonyl (C=O) groups excluding carboxylic acids is 2. The number of alkyl halides is 3. The largest absolute Gasteiger partial charge is 0.390 e. The van der Waals surface area contributed by atoms with E-state index < -0.39 is 63.3 Å². The van der Waals surface area contributed by atoms with E-state index >= 15 is 8.78 Å². The number of carbonyl (C=O) groups is 2. The first kappa shape index (κ1) is 19.8. The molecule has 1 spiro atoms. The quantitative estimate of drug-likeness (QED) is 0.684. The molecule has 158 valence electrons. The number of thioether (sulfide) groups is 1. The Morgan fingerprint density at radius 1 is 1.38 bits per heavy atom. The van der Waals surface area contributed by atoms with Crippen LogP contribution in [0, 0.1) is 23.2 Å². The van der Waals surface area contributed by atoms with E-state index in [1.807, 2.05) is 6.92 Å². The van der Waals surface area contributed by atoms with Crippen molar-refractivity contribution < 1.29 is 32.6 Å². The molecule has 3 saturated carbocycles. The number of hydrogen-bond donors (Lipinski definition) is 1. The van der Waals surface area contributed by atoms with Gasteiger partial charge in [-0.15, -0.1) is 0 Å². The zero-order valence-corrected chi connectivity index (χ0v) is 17.0. The van der Waals surface area contributed by atoms with E-state index in [2.05, 4.69) is 0 Å². The smallest absolute Gasteiger partial charge is 0.226 e. The summed E-state index contributed by atoms with van der Waals surface area (Å²) in [5.74, 6) is -2.01. The van der Waals surface area contributed by atoms with Crippen LogP contribution in [0.1, 0.15) is 33.1 Å². The molecule has 5 rings (SSSR count). The average Bonchev–Trinajstić information content (AvgIpc) is 3.27. The fourth-order valence-electron chi connectivity index (χ4n) is 7.13. The van der Waals surface area contributed by atoms with Crippen LogP contribution in [0.15, 0.2) is 23.8 Å². The lowest BCUT2D eigenvalue weighted by molar-refractivity contribution is -0.187. The van der Waals surface area contributed by atoms with Gasteiger partial charge in [-0.3, -0.25) is 9.59 Å². The average molecular weight is 428 g/mol. The summed E-state index contributed by atoms with van der Waals surface area (Å²) in [5.41, 5.74) is -5.89. The summed E-state index contributed by atoms with van der Waals surface area (Å²) < 4.78 is 50.9. The Labute approximate surface area is 170 Å². The number of ketones is 1. The summed E-state index contributed by atoms with van der Waals surface area (Å²) in [4.78, 5) is 24.5. The Hall–Kier alpha value is -1.12. The number of ether oxygens (including phenoxy) is 1. The van der Waals surface area contributed by atoms with Crippen molar-refractivity contribution in [3.05, 3.63) is 23.8 Å². The Morgan fingerprint density at radius 3 is 2.79 bits per heavy atom. The highest BCUT2D eigenvalue weighted by Crippen LogP contribution is 2.76. The Morgan fingerprint density at radius 2 is 2.10 bits per heavy atom. The molecular formula is C21H23F3O4S. The van der Waals surface area contributed by atoms with Crippen molar-refractivity contribution >= 4 is 22.7 Å². The molecule has 8 heteroatoms. The van der Waals surface area contributed by atoms with Gasteiger partial charge >= 0.3 is 0 Å². The van der Waals surface area contributed by atoms with Crippen molar-refractivity contribution in [3.8, 4) is 0 Å². The second-order valence-electron chi connectivity index (χ2n) is 9.35. The molecule has 1 heterocycles. The van der Waals surface area contributed by atoms with Gasteiger partial charge in [-0.1, -0.05) is 24.8 Å². The summed E-state index contributed by atoms with van der Waals surface area (Å²) in [6.07, 6.45) is 0.904. The number of aliphatic hydroxyl groups is 1. The standard InChI is InChI=1S/C21H23F3O4S/c1-10-5-12-13-7-15(23)14-6-11(25)3-4-18(14,2)20(13,24)16(26)8-19(12)21(10,28-19)17(27)29-9-22/h3-4,6,10,12-13,15-16,26H,5,7-9H2,1-2H3/t10-,12+,13+,15+,16+,18+,19-,20+,21+/m1/s1. The van der Waals surface area contributed by atoms with E-state index in [1.54, 1.807) is 0 Å². The van der Waals surface area contributed by atoms with Crippen LogP contribution in [0.25, 0.3) is 0 Å². The molecule has 29 heavy (non-hydrogen) atoms. The molecule has 1 saturated heterocycles. The van der Waals surface area contributed by atoms with Crippen LogP contribution >= 0.6 is 11.8 Å². The highest BCUT2D eigenvalue weighted by molar-refractivity contribution is 8.13. The Balaban J connectivity index is 1.60. The number of rotatable bonds is 2. The SMILES string of the molecule is C[C@@H]1C[C@H]2[C@@H]3C[C@H](F)C4=CC(=O)C=C[C@]4(C)[C@@]3(F)[C@@H](O)C[C@@]23O[C@]13C(=O)SCF. The number of aliphatic hydroxyl groups excluding tert-OH is 1. The molecule has 0 amide bonds. The second-order valence-corrected chi connectivity index (χ2v) is 10.2. The van der Waals surface area contributed by atoms with Crippen LogP contribution in [-0.2, 0) is 14.3 Å². The monoisotopic (exact) mass is 428 g/mol. The maximum Gasteiger partial charge on any atom is 0.226 e. The van der Waals surface area contributed by atoms with Gasteiger partial charge in [0.25, 0.3) is 0 Å². The van der Waals surface area contributed by atoms with E-state index in [9.17, 15) is 19.1 Å². The normalized spacial score (nSPS) is 54.8. The van der Waals surface area contributed by atoms with Crippen molar-refractivity contribution in [1.29, 1.82) is 0 Å². The van der Waals surface area contributed by atoms with E-state index in [-0.39, 0.29) is 24.3 Å². The van der Waals surface area contributed by atoms with Crippen LogP contribution in [0.5, 0.6) is 0 Å². The third kappa shape index (κ3) is 2.01. The summed E-state index contributed by atoms with van der Waals surface area (Å²) in [6.45, 7) is 3.35. The zero-order valence-electron chi connectivity index (χ0n) is 16.2. The topological polar surface area (TPSA) is 66.9 Å². The lowest BCUT2D eigenvalue weighted by atomic mass is 9.47. The lowest BCUT2D eigenvalue weighted by Gasteiger charge is -2.59. The molecule has 4 fully saturated rings. The van der Waals surface area contributed by atoms with Crippen LogP contribution in [0.4, 0.5) is 13.2 Å². The summed E-state index contributed by atoms with van der Waals surface area (Å²) in [7, 11) is 0. The summed E-state index contributed by atoms with van der Waals surface area (Å²) in [5, 5.41) is 10.6. The van der Waals surface area contributed by atoms with Gasteiger partial charge in [0.15, 0.2) is 17.1 Å². The van der Waals surface area contributed by atoms with Gasteiger partial charge in [-0.05, 0) is 49.3 Å². The molecule has 0 aromatic heterocycles. The maximum absolute atomic E-state index is 16.8. The number of epoxide rings is 1. The van der Waals surface area contributed by atoms with Crippen molar-refractivity contribution in [3.63, 3.8) is 0 Å². The predicted octanol–water partition coefficient (Wildman–Crippen LogP) is 3.24. The van der Waals surface area contributed by atoms with E-state index in [0.717, 1.165) is 6.08 Å². The van der Waals surface area contributed by atoms with Gasteiger partial charge in [0.1, 0.15) is 17.8 Å². The first-order valence-corrected chi connectivity index (χ1v) is 11.0. The molecule has 0 bridgehead atoms. The molecule has 4 nitrogen and oxygen atoms in total. The number of allylic oxidation sites excluding steroid dienone is 4. The lowest BCUT2D eigenvalue weighted by Crippen LogP contribution is -2.68. The Kier molecular flexibility index (Phi) is 3.94. The number of fused-ring (bicyclic) bond motifs is 4. The highest BCUT2D eigenvalue weighted by Gasteiger charge is 2.88. The van der Waals surface area contributed by atoms with Gasteiger partial charge in [0, 0.05) is 17.8 Å². The molecule has 0 aromatic rings.